The molecule has 1 fully saturated rings. The number of fused-ring (bicyclic) bond motifs is 2. The van der Waals surface area contributed by atoms with Gasteiger partial charge in [-0.1, -0.05) is 46.8 Å². The van der Waals surface area contributed by atoms with Crippen LogP contribution in [0, 0.1) is 5.92 Å². The number of hydrogen-bond acceptors (Lipinski definition) is 8. The average Bonchev–Trinajstić information content (AvgIpc) is 3.44. The van der Waals surface area contributed by atoms with Crippen LogP contribution in [0.15, 0.2) is 82.6 Å². The molecule has 3 aromatic carbocycles. The van der Waals surface area contributed by atoms with Gasteiger partial charge in [-0.3, -0.25) is 23.7 Å². The maximum absolute atomic E-state index is 14.0. The predicted molar refractivity (Wildman–Crippen MR) is 162 cm³/mol. The van der Waals surface area contributed by atoms with Crippen molar-refractivity contribution in [2.45, 2.75) is 22.7 Å². The number of carbonyl (C=O) groups is 3. The van der Waals surface area contributed by atoms with Gasteiger partial charge in [-0.25, -0.2) is 4.90 Å². The van der Waals surface area contributed by atoms with Gasteiger partial charge < -0.3 is 14.8 Å². The van der Waals surface area contributed by atoms with Crippen LogP contribution < -0.4 is 24.6 Å². The maximum Gasteiger partial charge on any atom is 0.308 e. The molecule has 6 rings (SSSR count). The van der Waals surface area contributed by atoms with Gasteiger partial charge in [0.2, 0.25) is 17.7 Å². The number of carbonyl (C=O) groups excluding carboxylic acids is 3. The number of thiazole rings is 1. The molecule has 1 saturated heterocycles. The molecule has 0 radical (unpaired) electrons. The second-order valence-corrected chi connectivity index (χ2v) is 12.3. The molecular formula is C30H24ClN3O6S2. The van der Waals surface area contributed by atoms with Gasteiger partial charge in [0.25, 0.3) is 0 Å². The van der Waals surface area contributed by atoms with E-state index < -0.39 is 23.0 Å². The minimum atomic E-state index is -0.793. The van der Waals surface area contributed by atoms with E-state index in [1.165, 1.54) is 9.47 Å². The summed E-state index contributed by atoms with van der Waals surface area (Å²) >= 11 is 8.10. The Morgan fingerprint density at radius 1 is 0.881 bits per heavy atom. The van der Waals surface area contributed by atoms with Gasteiger partial charge in [0.15, 0.2) is 0 Å². The fourth-order valence-corrected chi connectivity index (χ4v) is 8.19. The number of halogens is 1. The highest BCUT2D eigenvalue weighted by Gasteiger charge is 2.56. The number of hydrogen-bond donors (Lipinski definition) is 1. The van der Waals surface area contributed by atoms with Gasteiger partial charge in [0.05, 0.1) is 30.9 Å². The van der Waals surface area contributed by atoms with Gasteiger partial charge in [0.1, 0.15) is 23.3 Å². The number of nitrogens with one attached hydrogen (secondary N) is 1. The number of thioether (sulfide) groups is 1. The zero-order valence-electron chi connectivity index (χ0n) is 22.4. The van der Waals surface area contributed by atoms with E-state index in [0.29, 0.717) is 37.8 Å². The van der Waals surface area contributed by atoms with Crippen molar-refractivity contribution in [3.63, 3.8) is 0 Å². The number of aromatic nitrogens is 1. The largest absolute Gasteiger partial charge is 0.497 e. The van der Waals surface area contributed by atoms with Crippen LogP contribution in [0.25, 0.3) is 0 Å². The lowest BCUT2D eigenvalue weighted by atomic mass is 9.83. The van der Waals surface area contributed by atoms with Gasteiger partial charge >= 0.3 is 4.87 Å². The van der Waals surface area contributed by atoms with Gasteiger partial charge in [0, 0.05) is 21.5 Å². The smallest absolute Gasteiger partial charge is 0.308 e. The topological polar surface area (TPSA) is 107 Å². The lowest BCUT2D eigenvalue weighted by molar-refractivity contribution is -0.122. The van der Waals surface area contributed by atoms with Crippen LogP contribution in [-0.4, -0.2) is 41.8 Å². The van der Waals surface area contributed by atoms with E-state index in [1.54, 1.807) is 74.9 Å². The zero-order chi connectivity index (χ0) is 29.5. The van der Waals surface area contributed by atoms with Crippen molar-refractivity contribution >= 4 is 63.8 Å². The van der Waals surface area contributed by atoms with E-state index in [2.05, 4.69) is 5.32 Å². The lowest BCUT2D eigenvalue weighted by Gasteiger charge is -2.30. The Labute approximate surface area is 254 Å². The average molecular weight is 622 g/mol. The molecular weight excluding hydrogens is 598 g/mol. The number of amides is 3. The number of ether oxygens (including phenoxy) is 2. The molecule has 3 heterocycles. The molecule has 0 bridgehead atoms. The SMILES string of the molecule is COc1ccc([C@@H]2c3sc(=O)n(CC(=O)Nc4ccc(Cl)cc4)c3S[C@H]3C(=O)N(c4ccc(OC)cc4)C(=O)[C@@H]23)cc1. The van der Waals surface area contributed by atoms with Crippen LogP contribution >= 0.6 is 34.7 Å². The van der Waals surface area contributed by atoms with Crippen LogP contribution in [0.3, 0.4) is 0 Å². The lowest BCUT2D eigenvalue weighted by Crippen LogP contribution is -2.33. The third-order valence-electron chi connectivity index (χ3n) is 7.28. The highest BCUT2D eigenvalue weighted by Crippen LogP contribution is 2.54. The minimum absolute atomic E-state index is 0.253. The molecule has 12 heteroatoms. The van der Waals surface area contributed by atoms with E-state index >= 15 is 0 Å². The Morgan fingerprint density at radius 3 is 2.12 bits per heavy atom. The van der Waals surface area contributed by atoms with Gasteiger partial charge in [-0.2, -0.15) is 0 Å². The van der Waals surface area contributed by atoms with E-state index in [0.717, 1.165) is 28.7 Å². The predicted octanol–water partition coefficient (Wildman–Crippen LogP) is 5.01. The Bertz CT molecular complexity index is 1730. The Hall–Kier alpha value is -4.06. The van der Waals surface area contributed by atoms with Crippen LogP contribution in [0.1, 0.15) is 16.4 Å². The van der Waals surface area contributed by atoms with E-state index in [4.69, 9.17) is 21.1 Å². The molecule has 0 spiro atoms. The third kappa shape index (κ3) is 4.97. The molecule has 3 atom stereocenters. The first kappa shape index (κ1) is 28.1. The maximum atomic E-state index is 14.0. The van der Waals surface area contributed by atoms with E-state index in [9.17, 15) is 19.2 Å². The summed E-state index contributed by atoms with van der Waals surface area (Å²) in [5.74, 6) is -1.21. The summed E-state index contributed by atoms with van der Waals surface area (Å²) in [6.45, 7) is -0.253. The van der Waals surface area contributed by atoms with Crippen molar-refractivity contribution in [1.82, 2.24) is 4.57 Å². The van der Waals surface area contributed by atoms with Crippen molar-refractivity contribution < 1.29 is 23.9 Å². The highest BCUT2D eigenvalue weighted by atomic mass is 35.5. The summed E-state index contributed by atoms with van der Waals surface area (Å²) in [6.07, 6.45) is 0. The standard InChI is InChI=1S/C30H24ClN3O6S2/c1-39-20-11-3-16(4-12-20)23-24-25(28(37)34(27(24)36)19-9-13-21(40-2)14-10-19)41-29-26(23)42-30(38)33(29)15-22(35)32-18-7-5-17(31)6-8-18/h3-14,23-25H,15H2,1-2H3,(H,32,35)/t23-,24-,25+/m0/s1. The Balaban J connectivity index is 1.40. The van der Waals surface area contributed by atoms with Gasteiger partial charge in [-0.05, 0) is 66.2 Å². The fourth-order valence-electron chi connectivity index (χ4n) is 5.29. The number of anilines is 2. The first-order valence-corrected chi connectivity index (χ1v) is 15.0. The molecule has 3 amide bonds. The third-order valence-corrected chi connectivity index (χ3v) is 10.1. The second-order valence-electron chi connectivity index (χ2n) is 9.70. The normalized spacial score (nSPS) is 19.3. The molecule has 9 nitrogen and oxygen atoms in total. The van der Waals surface area contributed by atoms with E-state index in [1.807, 2.05) is 12.1 Å². The molecule has 1 N–H and O–H groups in total. The van der Waals surface area contributed by atoms with Crippen LogP contribution in [0.2, 0.25) is 5.02 Å². The number of nitrogens with zero attached hydrogens (tertiary/aromatic N) is 2. The minimum Gasteiger partial charge on any atom is -0.497 e. The second kappa shape index (κ2) is 11.3. The summed E-state index contributed by atoms with van der Waals surface area (Å²) in [5, 5.41) is 3.03. The van der Waals surface area contributed by atoms with Crippen LogP contribution in [0.4, 0.5) is 11.4 Å². The molecule has 0 unspecified atom stereocenters. The zero-order valence-corrected chi connectivity index (χ0v) is 24.8. The summed E-state index contributed by atoms with van der Waals surface area (Å²) in [7, 11) is 3.10. The molecule has 0 saturated carbocycles. The van der Waals surface area contributed by atoms with Crippen molar-refractivity contribution in [2.75, 3.05) is 24.4 Å². The molecule has 2 aliphatic heterocycles. The quantitative estimate of drug-likeness (QED) is 0.289. The molecule has 2 aliphatic rings. The molecule has 214 valence electrons. The van der Waals surface area contributed by atoms with Crippen molar-refractivity contribution in [3.05, 3.63) is 97.9 Å². The fraction of sp³-hybridized carbons (Fsp3) is 0.200. The molecule has 1 aromatic heterocycles. The monoisotopic (exact) mass is 621 g/mol. The molecule has 0 aliphatic carbocycles. The summed E-state index contributed by atoms with van der Waals surface area (Å²) in [4.78, 5) is 55.7. The Morgan fingerprint density at radius 2 is 1.50 bits per heavy atom. The Kier molecular flexibility index (Phi) is 7.56. The first-order valence-electron chi connectivity index (χ1n) is 12.9. The highest BCUT2D eigenvalue weighted by molar-refractivity contribution is 8.00. The van der Waals surface area contributed by atoms with Crippen molar-refractivity contribution in [3.8, 4) is 11.5 Å². The summed E-state index contributed by atoms with van der Waals surface area (Å²) in [6, 6.07) is 20.6. The van der Waals surface area contributed by atoms with E-state index in [-0.39, 0.29) is 23.2 Å². The number of imide groups is 1. The van der Waals surface area contributed by atoms with Crippen LogP contribution in [0.5, 0.6) is 11.5 Å². The van der Waals surface area contributed by atoms with Gasteiger partial charge in [-0.15, -0.1) is 0 Å². The number of methoxy groups -OCH3 is 2. The molecule has 4 aromatic rings. The number of rotatable bonds is 7. The number of benzene rings is 3. The van der Waals surface area contributed by atoms with Crippen molar-refractivity contribution in [2.24, 2.45) is 5.92 Å². The first-order chi connectivity index (χ1) is 20.3. The van der Waals surface area contributed by atoms with Crippen LogP contribution in [-0.2, 0) is 20.9 Å². The molecule has 42 heavy (non-hydrogen) atoms. The van der Waals surface area contributed by atoms with Crippen molar-refractivity contribution in [1.29, 1.82) is 0 Å². The summed E-state index contributed by atoms with van der Waals surface area (Å²) in [5.41, 5.74) is 1.75. The summed E-state index contributed by atoms with van der Waals surface area (Å²) < 4.78 is 11.9.